The fourth-order valence-corrected chi connectivity index (χ4v) is 3.24. The summed E-state index contributed by atoms with van der Waals surface area (Å²) in [7, 11) is 0. The number of H-pyrrole nitrogens is 1. The minimum atomic E-state index is -0.606. The minimum Gasteiger partial charge on any atom is -0.462 e. The van der Waals surface area contributed by atoms with E-state index in [1.807, 2.05) is 0 Å². The van der Waals surface area contributed by atoms with Gasteiger partial charge in [0.05, 0.1) is 24.3 Å². The first kappa shape index (κ1) is 21.4. The Morgan fingerprint density at radius 2 is 1.93 bits per heavy atom. The van der Waals surface area contributed by atoms with Crippen molar-refractivity contribution in [2.24, 2.45) is 0 Å². The maximum absolute atomic E-state index is 12.3. The van der Waals surface area contributed by atoms with E-state index in [4.69, 9.17) is 9.47 Å². The third-order valence-electron chi connectivity index (χ3n) is 3.96. The number of hydrogen-bond donors (Lipinski definition) is 2. The Morgan fingerprint density at radius 1 is 1.18 bits per heavy atom. The molecule has 0 atom stereocenters. The van der Waals surface area contributed by atoms with Gasteiger partial charge in [-0.25, -0.2) is 4.79 Å². The molecule has 9 heteroatoms. The van der Waals surface area contributed by atoms with Crippen molar-refractivity contribution in [2.75, 3.05) is 19.8 Å². The van der Waals surface area contributed by atoms with Crippen molar-refractivity contribution in [2.45, 2.75) is 27.2 Å². The number of ether oxygens (including phenoxy) is 2. The number of aromatic nitrogens is 1. The lowest BCUT2D eigenvalue weighted by Crippen LogP contribution is -2.26. The van der Waals surface area contributed by atoms with Crippen LogP contribution < -0.4 is 5.32 Å². The first-order valence-corrected chi connectivity index (χ1v) is 9.64. The van der Waals surface area contributed by atoms with Gasteiger partial charge in [0.1, 0.15) is 0 Å². The minimum absolute atomic E-state index is 0.0556. The van der Waals surface area contributed by atoms with Crippen LogP contribution in [0.3, 0.4) is 0 Å². The van der Waals surface area contributed by atoms with Crippen LogP contribution in [0, 0.1) is 13.8 Å². The van der Waals surface area contributed by atoms with Crippen LogP contribution >= 0.6 is 11.3 Å². The number of Topliss-reactive ketones (excluding diaryl/α,β-unsaturated/α-hetero) is 1. The molecule has 0 radical (unpaired) electrons. The van der Waals surface area contributed by atoms with Crippen LogP contribution in [-0.4, -0.2) is 48.4 Å². The van der Waals surface area contributed by atoms with Crippen molar-refractivity contribution in [1.82, 2.24) is 10.3 Å². The molecule has 2 heterocycles. The van der Waals surface area contributed by atoms with Gasteiger partial charge < -0.3 is 19.8 Å². The lowest BCUT2D eigenvalue weighted by molar-refractivity contribution is -0.142. The summed E-state index contributed by atoms with van der Waals surface area (Å²) in [6.07, 6.45) is -0.0556. The molecule has 0 aromatic carbocycles. The maximum Gasteiger partial charge on any atom is 0.340 e. The monoisotopic (exact) mass is 406 g/mol. The molecule has 0 bridgehead atoms. The van der Waals surface area contributed by atoms with Crippen LogP contribution in [-0.2, 0) is 14.3 Å². The summed E-state index contributed by atoms with van der Waals surface area (Å²) >= 11 is 1.40. The second-order valence-electron chi connectivity index (χ2n) is 5.95. The molecule has 0 spiro atoms. The van der Waals surface area contributed by atoms with E-state index in [1.165, 1.54) is 11.3 Å². The van der Waals surface area contributed by atoms with E-state index in [1.54, 1.807) is 37.6 Å². The smallest absolute Gasteiger partial charge is 0.340 e. The molecule has 0 saturated heterocycles. The molecule has 0 aliphatic heterocycles. The van der Waals surface area contributed by atoms with Gasteiger partial charge in [-0.1, -0.05) is 0 Å². The predicted molar refractivity (Wildman–Crippen MR) is 103 cm³/mol. The fraction of sp³-hybridized carbons (Fsp3) is 0.368. The van der Waals surface area contributed by atoms with Gasteiger partial charge >= 0.3 is 11.9 Å². The highest BCUT2D eigenvalue weighted by atomic mass is 32.1. The summed E-state index contributed by atoms with van der Waals surface area (Å²) < 4.78 is 9.95. The van der Waals surface area contributed by atoms with E-state index in [-0.39, 0.29) is 31.2 Å². The van der Waals surface area contributed by atoms with Crippen molar-refractivity contribution < 1.29 is 28.7 Å². The first-order valence-electron chi connectivity index (χ1n) is 8.70. The predicted octanol–water partition coefficient (Wildman–Crippen LogP) is 2.42. The van der Waals surface area contributed by atoms with Crippen LogP contribution in [0.5, 0.6) is 0 Å². The zero-order valence-electron chi connectivity index (χ0n) is 15.9. The van der Waals surface area contributed by atoms with Gasteiger partial charge in [-0.3, -0.25) is 14.4 Å². The molecule has 0 aliphatic carbocycles. The Kier molecular flexibility index (Phi) is 7.51. The number of rotatable bonds is 9. The van der Waals surface area contributed by atoms with Crippen LogP contribution in [0.25, 0.3) is 0 Å². The average Bonchev–Trinajstić information content (AvgIpc) is 3.28. The van der Waals surface area contributed by atoms with Crippen molar-refractivity contribution in [3.05, 3.63) is 44.9 Å². The van der Waals surface area contributed by atoms with Crippen molar-refractivity contribution >= 4 is 35.0 Å². The Hall–Kier alpha value is -2.94. The topological polar surface area (TPSA) is 115 Å². The molecule has 2 aromatic rings. The number of thiophene rings is 1. The number of ketones is 1. The number of esters is 2. The molecular formula is C19H22N2O6S. The Morgan fingerprint density at radius 3 is 2.57 bits per heavy atom. The molecule has 28 heavy (non-hydrogen) atoms. The van der Waals surface area contributed by atoms with Gasteiger partial charge in [0.15, 0.2) is 6.61 Å². The second kappa shape index (κ2) is 9.84. The second-order valence-corrected chi connectivity index (χ2v) is 6.73. The van der Waals surface area contributed by atoms with Crippen LogP contribution in [0.4, 0.5) is 0 Å². The summed E-state index contributed by atoms with van der Waals surface area (Å²) in [6, 6.07) is 1.68. The van der Waals surface area contributed by atoms with E-state index in [0.29, 0.717) is 22.4 Å². The zero-order valence-corrected chi connectivity index (χ0v) is 16.7. The van der Waals surface area contributed by atoms with Gasteiger partial charge in [0.2, 0.25) is 5.78 Å². The normalized spacial score (nSPS) is 10.4. The molecule has 150 valence electrons. The van der Waals surface area contributed by atoms with E-state index in [2.05, 4.69) is 10.3 Å². The number of nitrogens with one attached hydrogen (secondary N) is 2. The standard InChI is InChI=1S/C19H22N2O6S/c1-4-26-19(25)16-11(2)17(21-12(16)3)14(22)9-27-15(23)5-7-20-18(24)13-6-8-28-10-13/h6,8,10,21H,4-5,7,9H2,1-3H3,(H,20,24). The lowest BCUT2D eigenvalue weighted by Gasteiger charge is -2.06. The SMILES string of the molecule is CCOC(=O)c1c(C)[nH]c(C(=O)COC(=O)CCNC(=O)c2ccsc2)c1C. The number of hydrogen-bond acceptors (Lipinski definition) is 7. The molecule has 2 aromatic heterocycles. The molecule has 8 nitrogen and oxygen atoms in total. The molecule has 0 aliphatic rings. The number of aromatic amines is 1. The quantitative estimate of drug-likeness (QED) is 0.488. The lowest BCUT2D eigenvalue weighted by atomic mass is 10.1. The number of carbonyl (C=O) groups is 4. The summed E-state index contributed by atoms with van der Waals surface area (Å²) in [5.74, 6) is -1.84. The van der Waals surface area contributed by atoms with Crippen molar-refractivity contribution in [3.63, 3.8) is 0 Å². The molecule has 0 unspecified atom stereocenters. The Labute approximate surface area is 166 Å². The largest absolute Gasteiger partial charge is 0.462 e. The highest BCUT2D eigenvalue weighted by molar-refractivity contribution is 7.08. The average molecular weight is 406 g/mol. The summed E-state index contributed by atoms with van der Waals surface area (Å²) in [5.41, 5.74) is 2.03. The van der Waals surface area contributed by atoms with Crippen molar-refractivity contribution in [3.8, 4) is 0 Å². The van der Waals surface area contributed by atoms with E-state index >= 15 is 0 Å². The Balaban J connectivity index is 1.83. The van der Waals surface area contributed by atoms with E-state index < -0.39 is 24.3 Å². The zero-order chi connectivity index (χ0) is 20.7. The highest BCUT2D eigenvalue weighted by Crippen LogP contribution is 2.19. The molecular weight excluding hydrogens is 384 g/mol. The van der Waals surface area contributed by atoms with Gasteiger partial charge in [0, 0.05) is 23.2 Å². The van der Waals surface area contributed by atoms with Gasteiger partial charge in [-0.2, -0.15) is 11.3 Å². The number of carbonyl (C=O) groups excluding carboxylic acids is 4. The Bertz CT molecular complexity index is 869. The third-order valence-corrected chi connectivity index (χ3v) is 4.64. The third kappa shape index (κ3) is 5.29. The van der Waals surface area contributed by atoms with E-state index in [9.17, 15) is 19.2 Å². The molecule has 1 amide bonds. The molecule has 0 saturated carbocycles. The molecule has 0 fully saturated rings. The van der Waals surface area contributed by atoms with Gasteiger partial charge in [-0.05, 0) is 37.8 Å². The number of aryl methyl sites for hydroxylation is 1. The summed E-state index contributed by atoms with van der Waals surface area (Å²) in [4.78, 5) is 50.7. The van der Waals surface area contributed by atoms with Crippen LogP contribution in [0.15, 0.2) is 16.8 Å². The first-order chi connectivity index (χ1) is 13.3. The van der Waals surface area contributed by atoms with Crippen molar-refractivity contribution in [1.29, 1.82) is 0 Å². The van der Waals surface area contributed by atoms with Crippen LogP contribution in [0.2, 0.25) is 0 Å². The maximum atomic E-state index is 12.3. The number of amides is 1. The van der Waals surface area contributed by atoms with Gasteiger partial charge in [0.25, 0.3) is 5.91 Å². The molecule has 2 N–H and O–H groups in total. The van der Waals surface area contributed by atoms with Gasteiger partial charge in [-0.15, -0.1) is 0 Å². The van der Waals surface area contributed by atoms with E-state index in [0.717, 1.165) is 0 Å². The summed E-state index contributed by atoms with van der Waals surface area (Å²) in [6.45, 7) is 4.87. The fourth-order valence-electron chi connectivity index (χ4n) is 2.60. The summed E-state index contributed by atoms with van der Waals surface area (Å²) in [5, 5.41) is 6.09. The van der Waals surface area contributed by atoms with Crippen LogP contribution in [0.1, 0.15) is 55.8 Å². The molecule has 2 rings (SSSR count). The highest BCUT2D eigenvalue weighted by Gasteiger charge is 2.23.